The summed E-state index contributed by atoms with van der Waals surface area (Å²) in [6.07, 6.45) is 2.07. The molecule has 0 bridgehead atoms. The molecule has 2 N–H and O–H groups in total. The van der Waals surface area contributed by atoms with Crippen molar-refractivity contribution in [3.63, 3.8) is 0 Å². The van der Waals surface area contributed by atoms with Crippen molar-refractivity contribution in [2.24, 2.45) is 5.10 Å². The number of hydrogen-bond donors (Lipinski definition) is 2. The highest BCUT2D eigenvalue weighted by molar-refractivity contribution is 6.35. The molecule has 0 spiro atoms. The lowest BCUT2D eigenvalue weighted by molar-refractivity contribution is -0.139. The lowest BCUT2D eigenvalue weighted by Crippen LogP contribution is -2.38. The van der Waals surface area contributed by atoms with Crippen LogP contribution < -0.4 is 10.7 Å². The highest BCUT2D eigenvalue weighted by Crippen LogP contribution is 1.99. The molecule has 6 heteroatoms. The maximum absolute atomic E-state index is 12.6. The SMILES string of the molecule is CCCNC(=O)C(=O)N/N=C\c1ccc(F)cc1. The number of halogens is 1. The van der Waals surface area contributed by atoms with E-state index < -0.39 is 11.8 Å². The number of carbonyl (C=O) groups excluding carboxylic acids is 2. The molecule has 0 saturated heterocycles. The van der Waals surface area contributed by atoms with Gasteiger partial charge in [-0.25, -0.2) is 9.82 Å². The highest BCUT2D eigenvalue weighted by atomic mass is 19.1. The van der Waals surface area contributed by atoms with Crippen molar-refractivity contribution in [1.29, 1.82) is 0 Å². The second kappa shape index (κ2) is 7.16. The first-order chi connectivity index (χ1) is 8.63. The molecule has 0 aliphatic rings. The van der Waals surface area contributed by atoms with E-state index in [0.29, 0.717) is 12.1 Å². The molecule has 0 heterocycles. The third-order valence-electron chi connectivity index (χ3n) is 1.99. The third-order valence-corrected chi connectivity index (χ3v) is 1.99. The molecule has 2 amide bonds. The van der Waals surface area contributed by atoms with E-state index in [1.54, 1.807) is 0 Å². The van der Waals surface area contributed by atoms with Gasteiger partial charge in [-0.05, 0) is 24.1 Å². The third kappa shape index (κ3) is 4.73. The molecule has 0 aliphatic heterocycles. The predicted molar refractivity (Wildman–Crippen MR) is 65.4 cm³/mol. The smallest absolute Gasteiger partial charge is 0.329 e. The number of nitrogens with zero attached hydrogens (tertiary/aromatic N) is 1. The van der Waals surface area contributed by atoms with Gasteiger partial charge in [0.1, 0.15) is 5.82 Å². The molecule has 0 aromatic heterocycles. The van der Waals surface area contributed by atoms with Gasteiger partial charge in [0.15, 0.2) is 0 Å². The standard InChI is InChI=1S/C12H14FN3O2/c1-2-7-14-11(17)12(18)16-15-8-9-3-5-10(13)6-4-9/h3-6,8H,2,7H2,1H3,(H,14,17)(H,16,18)/b15-8-. The Morgan fingerprint density at radius 3 is 2.56 bits per heavy atom. The molecule has 0 unspecified atom stereocenters. The Bertz CT molecular complexity index is 443. The molecule has 0 aliphatic carbocycles. The second-order valence-electron chi connectivity index (χ2n) is 3.51. The number of rotatable bonds is 4. The summed E-state index contributed by atoms with van der Waals surface area (Å²) in [7, 11) is 0. The summed E-state index contributed by atoms with van der Waals surface area (Å²) in [6.45, 7) is 2.32. The molecule has 0 atom stereocenters. The number of hydrazone groups is 1. The molecule has 18 heavy (non-hydrogen) atoms. The first-order valence-corrected chi connectivity index (χ1v) is 5.50. The first kappa shape index (κ1) is 13.8. The van der Waals surface area contributed by atoms with Crippen LogP contribution in [0.15, 0.2) is 29.4 Å². The summed E-state index contributed by atoms with van der Waals surface area (Å²) in [4.78, 5) is 22.3. The zero-order chi connectivity index (χ0) is 13.4. The van der Waals surface area contributed by atoms with Crippen LogP contribution in [0.2, 0.25) is 0 Å². The highest BCUT2D eigenvalue weighted by Gasteiger charge is 2.10. The van der Waals surface area contributed by atoms with E-state index in [1.807, 2.05) is 6.92 Å². The summed E-state index contributed by atoms with van der Waals surface area (Å²) < 4.78 is 12.6. The molecule has 96 valence electrons. The summed E-state index contributed by atoms with van der Waals surface area (Å²) >= 11 is 0. The normalized spacial score (nSPS) is 10.3. The quantitative estimate of drug-likeness (QED) is 0.472. The van der Waals surface area contributed by atoms with E-state index in [0.717, 1.165) is 6.42 Å². The largest absolute Gasteiger partial charge is 0.348 e. The monoisotopic (exact) mass is 251 g/mol. The van der Waals surface area contributed by atoms with E-state index >= 15 is 0 Å². The van der Waals surface area contributed by atoms with Crippen LogP contribution in [0.25, 0.3) is 0 Å². The minimum atomic E-state index is -0.832. The molecule has 5 nitrogen and oxygen atoms in total. The Balaban J connectivity index is 2.42. The number of amides is 2. The van der Waals surface area contributed by atoms with Gasteiger partial charge < -0.3 is 5.32 Å². The van der Waals surface area contributed by atoms with E-state index in [2.05, 4.69) is 15.8 Å². The minimum Gasteiger partial charge on any atom is -0.348 e. The number of benzene rings is 1. The van der Waals surface area contributed by atoms with Crippen molar-refractivity contribution in [2.75, 3.05) is 6.54 Å². The van der Waals surface area contributed by atoms with Crippen LogP contribution in [-0.2, 0) is 9.59 Å². The van der Waals surface area contributed by atoms with Gasteiger partial charge in [0.25, 0.3) is 0 Å². The van der Waals surface area contributed by atoms with Gasteiger partial charge in [0.05, 0.1) is 6.21 Å². The van der Waals surface area contributed by atoms with Crippen molar-refractivity contribution in [2.45, 2.75) is 13.3 Å². The zero-order valence-electron chi connectivity index (χ0n) is 9.94. The van der Waals surface area contributed by atoms with Gasteiger partial charge in [0.2, 0.25) is 0 Å². The molecule has 0 saturated carbocycles. The van der Waals surface area contributed by atoms with Crippen molar-refractivity contribution in [3.05, 3.63) is 35.6 Å². The van der Waals surface area contributed by atoms with Gasteiger partial charge >= 0.3 is 11.8 Å². The van der Waals surface area contributed by atoms with Crippen LogP contribution in [0.4, 0.5) is 4.39 Å². The molecule has 1 aromatic carbocycles. The van der Waals surface area contributed by atoms with Crippen molar-refractivity contribution < 1.29 is 14.0 Å². The second-order valence-corrected chi connectivity index (χ2v) is 3.51. The summed E-state index contributed by atoms with van der Waals surface area (Å²) in [5.74, 6) is -1.91. The predicted octanol–water partition coefficient (Wildman–Crippen LogP) is 0.802. The zero-order valence-corrected chi connectivity index (χ0v) is 9.94. The van der Waals surface area contributed by atoms with E-state index in [1.165, 1.54) is 30.5 Å². The van der Waals surface area contributed by atoms with Crippen LogP contribution in [0, 0.1) is 5.82 Å². The first-order valence-electron chi connectivity index (χ1n) is 5.50. The lowest BCUT2D eigenvalue weighted by Gasteiger charge is -2.00. The number of nitrogens with one attached hydrogen (secondary N) is 2. The van der Waals surface area contributed by atoms with E-state index in [9.17, 15) is 14.0 Å². The molecular formula is C12H14FN3O2. The Labute approximate surface area is 104 Å². The van der Waals surface area contributed by atoms with Gasteiger partial charge in [0, 0.05) is 6.54 Å². The van der Waals surface area contributed by atoms with Crippen molar-refractivity contribution in [3.8, 4) is 0 Å². The summed E-state index contributed by atoms with van der Waals surface area (Å²) in [6, 6.07) is 5.55. The van der Waals surface area contributed by atoms with Crippen LogP contribution in [0.1, 0.15) is 18.9 Å². The fraction of sp³-hybridized carbons (Fsp3) is 0.250. The number of hydrogen-bond acceptors (Lipinski definition) is 3. The van der Waals surface area contributed by atoms with Crippen molar-refractivity contribution >= 4 is 18.0 Å². The van der Waals surface area contributed by atoms with E-state index in [4.69, 9.17) is 0 Å². The van der Waals surface area contributed by atoms with E-state index in [-0.39, 0.29) is 5.82 Å². The number of carbonyl (C=O) groups is 2. The van der Waals surface area contributed by atoms with Gasteiger partial charge in [-0.3, -0.25) is 9.59 Å². The Hall–Kier alpha value is -2.24. The van der Waals surface area contributed by atoms with Crippen LogP contribution >= 0.6 is 0 Å². The average molecular weight is 251 g/mol. The average Bonchev–Trinajstić information content (AvgIpc) is 2.38. The maximum atomic E-state index is 12.6. The fourth-order valence-electron chi connectivity index (χ4n) is 1.08. The molecule has 0 fully saturated rings. The Morgan fingerprint density at radius 2 is 1.94 bits per heavy atom. The lowest BCUT2D eigenvalue weighted by atomic mass is 10.2. The van der Waals surface area contributed by atoms with Crippen LogP contribution in [-0.4, -0.2) is 24.6 Å². The van der Waals surface area contributed by atoms with Gasteiger partial charge in [-0.15, -0.1) is 0 Å². The van der Waals surface area contributed by atoms with Gasteiger partial charge in [-0.2, -0.15) is 5.10 Å². The summed E-state index contributed by atoms with van der Waals surface area (Å²) in [5.41, 5.74) is 2.70. The molecule has 1 aromatic rings. The molecule has 1 rings (SSSR count). The molecular weight excluding hydrogens is 237 g/mol. The fourth-order valence-corrected chi connectivity index (χ4v) is 1.08. The maximum Gasteiger partial charge on any atom is 0.329 e. The molecule has 0 radical (unpaired) electrons. The minimum absolute atomic E-state index is 0.352. The van der Waals surface area contributed by atoms with Crippen molar-refractivity contribution in [1.82, 2.24) is 10.7 Å². The van der Waals surface area contributed by atoms with Gasteiger partial charge in [-0.1, -0.05) is 19.1 Å². The topological polar surface area (TPSA) is 70.6 Å². The van der Waals surface area contributed by atoms with Crippen LogP contribution in [0.5, 0.6) is 0 Å². The Morgan fingerprint density at radius 1 is 1.28 bits per heavy atom. The summed E-state index contributed by atoms with van der Waals surface area (Å²) in [5, 5.41) is 6.01. The van der Waals surface area contributed by atoms with Crippen LogP contribution in [0.3, 0.4) is 0 Å². The Kier molecular flexibility index (Phi) is 5.50.